The quantitative estimate of drug-likeness (QED) is 0.743. The smallest absolute Gasteiger partial charge is 0.308 e. The molecule has 2 aliphatic rings. The van der Waals surface area contributed by atoms with Crippen LogP contribution in [0.15, 0.2) is 11.0 Å². The van der Waals surface area contributed by atoms with Crippen LogP contribution in [0.3, 0.4) is 0 Å². The van der Waals surface area contributed by atoms with Gasteiger partial charge in [0.15, 0.2) is 0 Å². The predicted octanol–water partition coefficient (Wildman–Crippen LogP) is 3.03. The summed E-state index contributed by atoms with van der Waals surface area (Å²) in [6.45, 7) is 4.49. The van der Waals surface area contributed by atoms with Crippen molar-refractivity contribution in [3.63, 3.8) is 0 Å². The summed E-state index contributed by atoms with van der Waals surface area (Å²) in [5.74, 6) is 0.210. The Balaban J connectivity index is 1.60. The van der Waals surface area contributed by atoms with Crippen molar-refractivity contribution in [3.8, 4) is 0 Å². The maximum absolute atomic E-state index is 12.7. The Morgan fingerprint density at radius 3 is 2.81 bits per heavy atom. The zero-order valence-electron chi connectivity index (χ0n) is 15.8. The van der Waals surface area contributed by atoms with Crippen molar-refractivity contribution in [2.75, 3.05) is 31.7 Å². The highest BCUT2D eigenvalue weighted by Gasteiger charge is 2.29. The summed E-state index contributed by atoms with van der Waals surface area (Å²) < 4.78 is 12.0. The molecule has 1 N–H and O–H groups in total. The first kappa shape index (κ1) is 20.1. The number of carbonyl (C=O) groups excluding carboxylic acids is 1. The van der Waals surface area contributed by atoms with Gasteiger partial charge in [-0.1, -0.05) is 11.6 Å². The van der Waals surface area contributed by atoms with Crippen molar-refractivity contribution in [2.45, 2.75) is 51.5 Å². The second-order valence-electron chi connectivity index (χ2n) is 7.34. The lowest BCUT2D eigenvalue weighted by Crippen LogP contribution is -2.33. The molecule has 1 aliphatic carbocycles. The molecular weight excluding hydrogens is 370 g/mol. The van der Waals surface area contributed by atoms with Crippen LogP contribution in [0.25, 0.3) is 0 Å². The van der Waals surface area contributed by atoms with E-state index < -0.39 is 0 Å². The van der Waals surface area contributed by atoms with E-state index in [2.05, 4.69) is 10.4 Å². The van der Waals surface area contributed by atoms with E-state index in [1.165, 1.54) is 4.68 Å². The lowest BCUT2D eigenvalue weighted by molar-refractivity contribution is -0.149. The number of esters is 1. The summed E-state index contributed by atoms with van der Waals surface area (Å²) in [6.07, 6.45) is 6.66. The molecule has 8 heteroatoms. The van der Waals surface area contributed by atoms with Gasteiger partial charge in [-0.05, 0) is 51.4 Å². The standard InChI is InChI=1S/C19H28ClN3O4/c1-2-27-19(25)14-5-7-15(8-6-14)23-18(24)17(20)16(11-22-23)21-10-13-4-3-9-26-12-13/h11,13-15,21H,2-10,12H2,1H3. The maximum atomic E-state index is 12.7. The maximum Gasteiger partial charge on any atom is 0.308 e. The first-order chi connectivity index (χ1) is 13.1. The van der Waals surface area contributed by atoms with Crippen LogP contribution in [-0.4, -0.2) is 42.1 Å². The van der Waals surface area contributed by atoms with Crippen molar-refractivity contribution in [1.29, 1.82) is 0 Å². The summed E-state index contributed by atoms with van der Waals surface area (Å²) in [4.78, 5) is 24.5. The molecule has 27 heavy (non-hydrogen) atoms. The average Bonchev–Trinajstić information content (AvgIpc) is 2.70. The Labute approximate surface area is 164 Å². The molecule has 1 aromatic heterocycles. The van der Waals surface area contributed by atoms with Gasteiger partial charge in [-0.2, -0.15) is 5.10 Å². The molecule has 150 valence electrons. The molecule has 1 aliphatic heterocycles. The highest BCUT2D eigenvalue weighted by atomic mass is 35.5. The number of nitrogens with zero attached hydrogens (tertiary/aromatic N) is 2. The lowest BCUT2D eigenvalue weighted by atomic mass is 9.86. The summed E-state index contributed by atoms with van der Waals surface area (Å²) in [5, 5.41) is 7.76. The van der Waals surface area contributed by atoms with Crippen LogP contribution in [0, 0.1) is 11.8 Å². The molecular formula is C19H28ClN3O4. The Bertz CT molecular complexity index is 695. The van der Waals surface area contributed by atoms with Crippen molar-refractivity contribution < 1.29 is 14.3 Å². The number of halogens is 1. The second-order valence-corrected chi connectivity index (χ2v) is 7.72. The Hall–Kier alpha value is -1.60. The number of aromatic nitrogens is 2. The summed E-state index contributed by atoms with van der Waals surface area (Å²) in [5.41, 5.74) is 0.296. The summed E-state index contributed by atoms with van der Waals surface area (Å²) in [6, 6.07) is -0.0264. The van der Waals surface area contributed by atoms with Gasteiger partial charge in [0.25, 0.3) is 5.56 Å². The minimum absolute atomic E-state index is 0.0264. The molecule has 1 saturated heterocycles. The van der Waals surface area contributed by atoms with Crippen molar-refractivity contribution in [3.05, 3.63) is 21.6 Å². The number of anilines is 1. The third kappa shape index (κ3) is 5.02. The van der Waals surface area contributed by atoms with Crippen LogP contribution in [0.2, 0.25) is 5.02 Å². The zero-order chi connectivity index (χ0) is 19.2. The van der Waals surface area contributed by atoms with Crippen LogP contribution in [0.1, 0.15) is 51.5 Å². The molecule has 0 aromatic carbocycles. The molecule has 1 unspecified atom stereocenters. The van der Waals surface area contributed by atoms with Crippen LogP contribution < -0.4 is 10.9 Å². The number of hydrogen-bond acceptors (Lipinski definition) is 6. The van der Waals surface area contributed by atoms with Gasteiger partial charge in [0.1, 0.15) is 5.02 Å². The van der Waals surface area contributed by atoms with Gasteiger partial charge in [-0.3, -0.25) is 9.59 Å². The van der Waals surface area contributed by atoms with Crippen molar-refractivity contribution in [1.82, 2.24) is 9.78 Å². The molecule has 0 bridgehead atoms. The minimum Gasteiger partial charge on any atom is -0.466 e. The number of nitrogens with one attached hydrogen (secondary N) is 1. The summed E-state index contributed by atoms with van der Waals surface area (Å²) >= 11 is 6.31. The number of rotatable bonds is 6. The van der Waals surface area contributed by atoms with Gasteiger partial charge in [0, 0.05) is 13.2 Å². The number of ether oxygens (including phenoxy) is 2. The van der Waals surface area contributed by atoms with Crippen LogP contribution in [-0.2, 0) is 14.3 Å². The molecule has 1 aromatic rings. The van der Waals surface area contributed by atoms with E-state index in [4.69, 9.17) is 21.1 Å². The predicted molar refractivity (Wildman–Crippen MR) is 103 cm³/mol. The SMILES string of the molecule is CCOC(=O)C1CCC(n2ncc(NCC3CCCOC3)c(Cl)c2=O)CC1. The van der Waals surface area contributed by atoms with E-state index in [-0.39, 0.29) is 28.5 Å². The number of carbonyl (C=O) groups is 1. The number of hydrogen-bond donors (Lipinski definition) is 1. The monoisotopic (exact) mass is 397 g/mol. The van der Waals surface area contributed by atoms with E-state index in [1.807, 2.05) is 6.92 Å². The molecule has 0 amide bonds. The van der Waals surface area contributed by atoms with Crippen molar-refractivity contribution >= 4 is 23.3 Å². The summed E-state index contributed by atoms with van der Waals surface area (Å²) in [7, 11) is 0. The van der Waals surface area contributed by atoms with E-state index in [1.54, 1.807) is 6.20 Å². The van der Waals surface area contributed by atoms with Gasteiger partial charge >= 0.3 is 5.97 Å². The highest BCUT2D eigenvalue weighted by Crippen LogP contribution is 2.32. The molecule has 2 heterocycles. The average molecular weight is 398 g/mol. The Morgan fingerprint density at radius 2 is 2.15 bits per heavy atom. The largest absolute Gasteiger partial charge is 0.466 e. The fourth-order valence-electron chi connectivity index (χ4n) is 3.87. The highest BCUT2D eigenvalue weighted by molar-refractivity contribution is 6.32. The third-order valence-electron chi connectivity index (χ3n) is 5.44. The van der Waals surface area contributed by atoms with E-state index in [9.17, 15) is 9.59 Å². The Morgan fingerprint density at radius 1 is 1.37 bits per heavy atom. The second kappa shape index (κ2) is 9.55. The lowest BCUT2D eigenvalue weighted by Gasteiger charge is -2.28. The molecule has 0 spiro atoms. The minimum atomic E-state index is -0.277. The molecule has 7 nitrogen and oxygen atoms in total. The van der Waals surface area contributed by atoms with E-state index in [0.29, 0.717) is 31.1 Å². The molecule has 1 atom stereocenters. The van der Waals surface area contributed by atoms with Crippen LogP contribution in [0.5, 0.6) is 0 Å². The third-order valence-corrected chi connectivity index (χ3v) is 5.81. The fourth-order valence-corrected chi connectivity index (χ4v) is 4.07. The van der Waals surface area contributed by atoms with E-state index in [0.717, 1.165) is 45.4 Å². The van der Waals surface area contributed by atoms with Crippen LogP contribution in [0.4, 0.5) is 5.69 Å². The van der Waals surface area contributed by atoms with E-state index >= 15 is 0 Å². The zero-order valence-corrected chi connectivity index (χ0v) is 16.5. The van der Waals surface area contributed by atoms with Gasteiger partial charge in [0.05, 0.1) is 37.1 Å². The first-order valence-electron chi connectivity index (χ1n) is 9.85. The molecule has 1 saturated carbocycles. The molecule has 0 radical (unpaired) electrons. The Kier molecular flexibility index (Phi) is 7.13. The topological polar surface area (TPSA) is 82.5 Å². The first-order valence-corrected chi connectivity index (χ1v) is 10.2. The van der Waals surface area contributed by atoms with Gasteiger partial charge in [-0.25, -0.2) is 4.68 Å². The normalized spacial score (nSPS) is 25.8. The molecule has 2 fully saturated rings. The van der Waals surface area contributed by atoms with Gasteiger partial charge in [0.2, 0.25) is 0 Å². The van der Waals surface area contributed by atoms with Crippen molar-refractivity contribution in [2.24, 2.45) is 11.8 Å². The fraction of sp³-hybridized carbons (Fsp3) is 0.737. The van der Waals surface area contributed by atoms with Gasteiger partial charge < -0.3 is 14.8 Å². The van der Waals surface area contributed by atoms with Crippen LogP contribution >= 0.6 is 11.6 Å². The molecule has 3 rings (SSSR count). The van der Waals surface area contributed by atoms with Gasteiger partial charge in [-0.15, -0.1) is 0 Å².